The molecule has 1 aliphatic heterocycles. The lowest BCUT2D eigenvalue weighted by Gasteiger charge is -2.46. The van der Waals surface area contributed by atoms with Gasteiger partial charge < -0.3 is 4.90 Å². The maximum atomic E-state index is 2.77. The fourth-order valence-corrected chi connectivity index (χ4v) is 3.34. The molecule has 1 nitrogen and oxygen atoms in total. The van der Waals surface area contributed by atoms with Crippen molar-refractivity contribution in [2.45, 2.75) is 65.3 Å². The quantitative estimate of drug-likeness (QED) is 0.636. The number of piperidine rings is 1. The summed E-state index contributed by atoms with van der Waals surface area (Å²) in [6, 6.07) is 0.900. The van der Waals surface area contributed by atoms with Gasteiger partial charge >= 0.3 is 0 Å². The molecule has 0 spiro atoms. The van der Waals surface area contributed by atoms with Crippen molar-refractivity contribution in [3.8, 4) is 0 Å². The fourth-order valence-electron chi connectivity index (χ4n) is 3.34. The van der Waals surface area contributed by atoms with Crippen molar-refractivity contribution in [3.63, 3.8) is 0 Å². The van der Waals surface area contributed by atoms with Gasteiger partial charge in [-0.15, -0.1) is 0 Å². The molecule has 0 amide bonds. The molecule has 2 atom stereocenters. The summed E-state index contributed by atoms with van der Waals surface area (Å²) in [5.41, 5.74) is 0.570. The van der Waals surface area contributed by atoms with Gasteiger partial charge in [-0.3, -0.25) is 0 Å². The van der Waals surface area contributed by atoms with E-state index in [1.807, 2.05) is 0 Å². The van der Waals surface area contributed by atoms with Crippen LogP contribution < -0.4 is 0 Å². The van der Waals surface area contributed by atoms with E-state index < -0.39 is 0 Å². The van der Waals surface area contributed by atoms with E-state index in [2.05, 4.69) is 25.7 Å². The topological polar surface area (TPSA) is 3.24 Å². The van der Waals surface area contributed by atoms with Crippen LogP contribution >= 0.6 is 0 Å². The van der Waals surface area contributed by atoms with E-state index in [1.54, 1.807) is 0 Å². The van der Waals surface area contributed by atoms with Crippen molar-refractivity contribution in [1.82, 2.24) is 4.90 Å². The highest BCUT2D eigenvalue weighted by Gasteiger charge is 2.36. The molecule has 1 heterocycles. The van der Waals surface area contributed by atoms with Crippen LogP contribution in [0.15, 0.2) is 0 Å². The van der Waals surface area contributed by atoms with Crippen molar-refractivity contribution in [1.29, 1.82) is 0 Å². The molecule has 88 valence electrons. The summed E-state index contributed by atoms with van der Waals surface area (Å²) < 4.78 is 0. The van der Waals surface area contributed by atoms with Crippen LogP contribution in [0.25, 0.3) is 0 Å². The zero-order valence-corrected chi connectivity index (χ0v) is 10.8. The number of likely N-dealkylation sites (tertiary alicyclic amines) is 1. The largest absolute Gasteiger partial charge is 0.300 e. The number of nitrogens with zero attached hydrogens (tertiary/aromatic N) is 1. The van der Waals surface area contributed by atoms with Crippen molar-refractivity contribution >= 4 is 0 Å². The predicted octanol–water partition coefficient (Wildman–Crippen LogP) is 3.69. The summed E-state index contributed by atoms with van der Waals surface area (Å²) in [5.74, 6) is 0.915. The molecule has 0 bridgehead atoms. The lowest BCUT2D eigenvalue weighted by Crippen LogP contribution is -2.45. The van der Waals surface area contributed by atoms with Crippen LogP contribution in [0, 0.1) is 11.3 Å². The Kier molecular flexibility index (Phi) is 3.39. The first-order valence-corrected chi connectivity index (χ1v) is 6.83. The molecule has 0 aromatic carbocycles. The van der Waals surface area contributed by atoms with Gasteiger partial charge in [-0.25, -0.2) is 0 Å². The fraction of sp³-hybridized carbons (Fsp3) is 1.00. The summed E-state index contributed by atoms with van der Waals surface area (Å²) in [7, 11) is 0. The Morgan fingerprint density at radius 3 is 2.27 bits per heavy atom. The summed E-state index contributed by atoms with van der Waals surface area (Å²) in [4.78, 5) is 2.77. The highest BCUT2D eigenvalue weighted by molar-refractivity contribution is 4.89. The van der Waals surface area contributed by atoms with Gasteiger partial charge in [0.25, 0.3) is 0 Å². The van der Waals surface area contributed by atoms with E-state index in [0.717, 1.165) is 12.0 Å². The minimum atomic E-state index is 0.570. The molecule has 0 N–H and O–H groups in total. The highest BCUT2D eigenvalue weighted by Crippen LogP contribution is 2.42. The molecule has 0 aromatic heterocycles. The van der Waals surface area contributed by atoms with E-state index in [-0.39, 0.29) is 0 Å². The third kappa shape index (κ3) is 2.55. The minimum Gasteiger partial charge on any atom is -0.300 e. The van der Waals surface area contributed by atoms with E-state index in [1.165, 1.54) is 51.6 Å². The van der Waals surface area contributed by atoms with Crippen molar-refractivity contribution in [2.75, 3.05) is 13.1 Å². The Bertz CT molecular complexity index is 203. The second kappa shape index (κ2) is 4.45. The highest BCUT2D eigenvalue weighted by atomic mass is 15.2. The van der Waals surface area contributed by atoms with Crippen LogP contribution in [0.3, 0.4) is 0 Å². The maximum absolute atomic E-state index is 2.77. The van der Waals surface area contributed by atoms with Gasteiger partial charge in [-0.05, 0) is 56.5 Å². The van der Waals surface area contributed by atoms with Crippen LogP contribution in [0.2, 0.25) is 0 Å². The third-order valence-electron chi connectivity index (χ3n) is 4.94. The van der Waals surface area contributed by atoms with Crippen LogP contribution in [0.1, 0.15) is 59.3 Å². The lowest BCUT2D eigenvalue weighted by atomic mass is 9.67. The normalized spacial score (nSPS) is 37.8. The molecule has 2 rings (SSSR count). The number of hydrogen-bond donors (Lipinski definition) is 0. The monoisotopic (exact) mass is 209 g/mol. The molecule has 0 radical (unpaired) electrons. The molecular formula is C14H27N. The molecule has 1 saturated heterocycles. The van der Waals surface area contributed by atoms with Crippen molar-refractivity contribution in [3.05, 3.63) is 0 Å². The molecule has 15 heavy (non-hydrogen) atoms. The summed E-state index contributed by atoms with van der Waals surface area (Å²) in [6.45, 7) is 10.1. The van der Waals surface area contributed by atoms with Gasteiger partial charge in [0.05, 0.1) is 0 Å². The van der Waals surface area contributed by atoms with E-state index in [9.17, 15) is 0 Å². The number of hydrogen-bond acceptors (Lipinski definition) is 1. The summed E-state index contributed by atoms with van der Waals surface area (Å²) in [6.07, 6.45) is 8.65. The standard InChI is InChI=1S/C14H27N/c1-12-7-8-13(11-14(12,2)3)15-9-5-4-6-10-15/h12-13H,4-11H2,1-3H3/t12-,13-/m0/s1. The van der Waals surface area contributed by atoms with Gasteiger partial charge in [0.1, 0.15) is 0 Å². The zero-order valence-electron chi connectivity index (χ0n) is 10.8. The lowest BCUT2D eigenvalue weighted by molar-refractivity contribution is 0.0454. The summed E-state index contributed by atoms with van der Waals surface area (Å²) >= 11 is 0. The average molecular weight is 209 g/mol. The summed E-state index contributed by atoms with van der Waals surface area (Å²) in [5, 5.41) is 0. The van der Waals surface area contributed by atoms with Gasteiger partial charge in [-0.1, -0.05) is 27.2 Å². The first kappa shape index (κ1) is 11.4. The Morgan fingerprint density at radius 1 is 1.00 bits per heavy atom. The van der Waals surface area contributed by atoms with Gasteiger partial charge in [0.15, 0.2) is 0 Å². The Hall–Kier alpha value is -0.0400. The van der Waals surface area contributed by atoms with Crippen molar-refractivity contribution < 1.29 is 0 Å². The van der Waals surface area contributed by atoms with Gasteiger partial charge in [0, 0.05) is 6.04 Å². The first-order valence-electron chi connectivity index (χ1n) is 6.83. The third-order valence-corrected chi connectivity index (χ3v) is 4.94. The average Bonchev–Trinajstić information content (AvgIpc) is 2.23. The smallest absolute Gasteiger partial charge is 0.0100 e. The molecule has 1 heteroatoms. The molecule has 1 aliphatic carbocycles. The molecule has 0 aromatic rings. The molecule has 0 unspecified atom stereocenters. The van der Waals surface area contributed by atoms with E-state index >= 15 is 0 Å². The molecule has 1 saturated carbocycles. The second-order valence-electron chi connectivity index (χ2n) is 6.42. The predicted molar refractivity (Wildman–Crippen MR) is 66.0 cm³/mol. The van der Waals surface area contributed by atoms with Crippen LogP contribution in [-0.4, -0.2) is 24.0 Å². The Labute approximate surface area is 95.2 Å². The second-order valence-corrected chi connectivity index (χ2v) is 6.42. The number of rotatable bonds is 1. The van der Waals surface area contributed by atoms with Crippen molar-refractivity contribution in [2.24, 2.45) is 11.3 Å². The van der Waals surface area contributed by atoms with E-state index in [0.29, 0.717) is 5.41 Å². The minimum absolute atomic E-state index is 0.570. The van der Waals surface area contributed by atoms with Crippen LogP contribution in [0.4, 0.5) is 0 Å². The molecule has 2 fully saturated rings. The van der Waals surface area contributed by atoms with Gasteiger partial charge in [0.2, 0.25) is 0 Å². The molecule has 2 aliphatic rings. The molecular weight excluding hydrogens is 182 g/mol. The SMILES string of the molecule is C[C@H]1CC[C@H](N2CCCCC2)CC1(C)C. The Morgan fingerprint density at radius 2 is 1.67 bits per heavy atom. The zero-order chi connectivity index (χ0) is 10.9. The van der Waals surface area contributed by atoms with Crippen LogP contribution in [-0.2, 0) is 0 Å². The van der Waals surface area contributed by atoms with E-state index in [4.69, 9.17) is 0 Å². The van der Waals surface area contributed by atoms with Crippen LogP contribution in [0.5, 0.6) is 0 Å². The first-order chi connectivity index (χ1) is 7.09. The Balaban J connectivity index is 1.93. The maximum Gasteiger partial charge on any atom is 0.0100 e. The van der Waals surface area contributed by atoms with Gasteiger partial charge in [-0.2, -0.15) is 0 Å².